The molecule has 140 valence electrons. The Morgan fingerprint density at radius 1 is 1.30 bits per heavy atom. The summed E-state index contributed by atoms with van der Waals surface area (Å²) in [6.07, 6.45) is 1.93. The highest BCUT2D eigenvalue weighted by Gasteiger charge is 2.28. The third-order valence-electron chi connectivity index (χ3n) is 4.39. The van der Waals surface area contributed by atoms with Crippen molar-refractivity contribution in [3.8, 4) is 0 Å². The maximum atomic E-state index is 13.3. The Labute approximate surface area is 179 Å². The van der Waals surface area contributed by atoms with Gasteiger partial charge in [-0.2, -0.15) is 0 Å². The molecule has 2 aromatic carbocycles. The van der Waals surface area contributed by atoms with Gasteiger partial charge in [-0.25, -0.2) is 4.98 Å². The lowest BCUT2D eigenvalue weighted by Gasteiger charge is -2.23. The van der Waals surface area contributed by atoms with E-state index in [0.29, 0.717) is 27.3 Å². The Hall–Kier alpha value is -1.18. The van der Waals surface area contributed by atoms with Gasteiger partial charge in [-0.15, -0.1) is 0 Å². The van der Waals surface area contributed by atoms with E-state index >= 15 is 0 Å². The first-order valence-corrected chi connectivity index (χ1v) is 10.8. The zero-order chi connectivity index (χ0) is 19.0. The number of hydrogen-bond donors (Lipinski definition) is 0. The number of rotatable bonds is 4. The predicted octanol–water partition coefficient (Wildman–Crippen LogP) is 6.19. The average molecular weight is 486 g/mol. The van der Waals surface area contributed by atoms with Gasteiger partial charge in [0.15, 0.2) is 5.13 Å². The molecule has 1 amide bonds. The van der Waals surface area contributed by atoms with Crippen LogP contribution in [0.1, 0.15) is 23.2 Å². The van der Waals surface area contributed by atoms with Crippen LogP contribution in [0.3, 0.4) is 0 Å². The van der Waals surface area contributed by atoms with Crippen LogP contribution in [0.4, 0.5) is 5.13 Å². The van der Waals surface area contributed by atoms with Crippen LogP contribution in [-0.2, 0) is 4.74 Å². The lowest BCUT2D eigenvalue weighted by molar-refractivity contribution is 0.0917. The molecule has 4 nitrogen and oxygen atoms in total. The first-order chi connectivity index (χ1) is 13.0. The van der Waals surface area contributed by atoms with Gasteiger partial charge in [0.2, 0.25) is 0 Å². The highest BCUT2D eigenvalue weighted by Crippen LogP contribution is 2.33. The SMILES string of the molecule is O=C(c1ccc(Cl)cc1Cl)N(CC1CCCO1)c1nc2ccc(Br)cc2s1. The van der Waals surface area contributed by atoms with E-state index in [9.17, 15) is 4.79 Å². The Bertz CT molecular complexity index is 1000. The third-order valence-corrected chi connectivity index (χ3v) is 6.47. The smallest absolute Gasteiger partial charge is 0.261 e. The highest BCUT2D eigenvalue weighted by molar-refractivity contribution is 9.10. The van der Waals surface area contributed by atoms with E-state index in [-0.39, 0.29) is 12.0 Å². The van der Waals surface area contributed by atoms with Gasteiger partial charge in [0.1, 0.15) is 0 Å². The topological polar surface area (TPSA) is 42.4 Å². The summed E-state index contributed by atoms with van der Waals surface area (Å²) in [7, 11) is 0. The summed E-state index contributed by atoms with van der Waals surface area (Å²) in [4.78, 5) is 19.6. The van der Waals surface area contributed by atoms with Crippen molar-refractivity contribution < 1.29 is 9.53 Å². The summed E-state index contributed by atoms with van der Waals surface area (Å²) in [5.41, 5.74) is 1.25. The molecule has 0 radical (unpaired) electrons. The maximum Gasteiger partial charge on any atom is 0.261 e. The number of thiazole rings is 1. The van der Waals surface area contributed by atoms with E-state index < -0.39 is 0 Å². The Morgan fingerprint density at radius 3 is 2.89 bits per heavy atom. The molecule has 0 aliphatic carbocycles. The van der Waals surface area contributed by atoms with Gasteiger partial charge >= 0.3 is 0 Å². The lowest BCUT2D eigenvalue weighted by Crippen LogP contribution is -2.37. The zero-order valence-corrected chi connectivity index (χ0v) is 18.0. The molecule has 0 bridgehead atoms. The number of hydrogen-bond acceptors (Lipinski definition) is 4. The van der Waals surface area contributed by atoms with Crippen LogP contribution in [0.25, 0.3) is 10.2 Å². The number of aromatic nitrogens is 1. The molecule has 1 aliphatic rings. The van der Waals surface area contributed by atoms with Crippen LogP contribution < -0.4 is 4.90 Å². The molecule has 1 fully saturated rings. The summed E-state index contributed by atoms with van der Waals surface area (Å²) in [5.74, 6) is -0.203. The van der Waals surface area contributed by atoms with Gasteiger partial charge in [0.05, 0.1) is 33.5 Å². The van der Waals surface area contributed by atoms with Crippen LogP contribution in [0, 0.1) is 0 Å². The quantitative estimate of drug-likeness (QED) is 0.442. The molecule has 27 heavy (non-hydrogen) atoms. The number of fused-ring (bicyclic) bond motifs is 1. The van der Waals surface area contributed by atoms with Crippen LogP contribution in [0.2, 0.25) is 10.0 Å². The number of amides is 1. The fourth-order valence-corrected chi connectivity index (χ4v) is 5.06. The van der Waals surface area contributed by atoms with E-state index in [1.807, 2.05) is 18.2 Å². The maximum absolute atomic E-state index is 13.3. The summed E-state index contributed by atoms with van der Waals surface area (Å²) >= 11 is 17.2. The minimum Gasteiger partial charge on any atom is -0.376 e. The van der Waals surface area contributed by atoms with Crippen molar-refractivity contribution in [2.75, 3.05) is 18.1 Å². The third kappa shape index (κ3) is 4.15. The second-order valence-corrected chi connectivity index (χ2v) is 9.05. The number of benzene rings is 2. The van der Waals surface area contributed by atoms with Crippen LogP contribution in [0.15, 0.2) is 40.9 Å². The number of anilines is 1. The highest BCUT2D eigenvalue weighted by atomic mass is 79.9. The number of halogens is 3. The number of nitrogens with zero attached hydrogens (tertiary/aromatic N) is 2. The average Bonchev–Trinajstić information content (AvgIpc) is 3.28. The van der Waals surface area contributed by atoms with Gasteiger partial charge in [0, 0.05) is 16.1 Å². The normalized spacial score (nSPS) is 16.8. The van der Waals surface area contributed by atoms with E-state index in [0.717, 1.165) is 34.1 Å². The molecule has 8 heteroatoms. The predicted molar refractivity (Wildman–Crippen MR) is 114 cm³/mol. The summed E-state index contributed by atoms with van der Waals surface area (Å²) in [6.45, 7) is 1.17. The number of carbonyl (C=O) groups is 1. The molecular formula is C19H15BrCl2N2O2S. The monoisotopic (exact) mass is 484 g/mol. The molecule has 1 saturated heterocycles. The second kappa shape index (κ2) is 8.05. The molecule has 3 aromatic rings. The molecule has 0 N–H and O–H groups in total. The van der Waals surface area contributed by atoms with Crippen molar-refractivity contribution in [2.45, 2.75) is 18.9 Å². The molecule has 2 heterocycles. The molecule has 1 unspecified atom stereocenters. The van der Waals surface area contributed by atoms with Crippen molar-refractivity contribution in [2.24, 2.45) is 0 Å². The van der Waals surface area contributed by atoms with Gasteiger partial charge < -0.3 is 4.74 Å². The van der Waals surface area contributed by atoms with E-state index in [4.69, 9.17) is 27.9 Å². The number of carbonyl (C=O) groups excluding carboxylic acids is 1. The summed E-state index contributed by atoms with van der Waals surface area (Å²) in [6, 6.07) is 10.8. The zero-order valence-electron chi connectivity index (χ0n) is 14.1. The lowest BCUT2D eigenvalue weighted by atomic mass is 10.1. The van der Waals surface area contributed by atoms with E-state index in [2.05, 4.69) is 20.9 Å². The van der Waals surface area contributed by atoms with Gasteiger partial charge in [-0.05, 0) is 49.2 Å². The summed E-state index contributed by atoms with van der Waals surface area (Å²) < 4.78 is 7.74. The fourth-order valence-electron chi connectivity index (χ4n) is 3.05. The van der Waals surface area contributed by atoms with Crippen LogP contribution >= 0.6 is 50.5 Å². The van der Waals surface area contributed by atoms with Crippen LogP contribution in [0.5, 0.6) is 0 Å². The Balaban J connectivity index is 1.73. The fraction of sp³-hybridized carbons (Fsp3) is 0.263. The Morgan fingerprint density at radius 2 is 2.15 bits per heavy atom. The molecule has 1 aliphatic heterocycles. The first-order valence-electron chi connectivity index (χ1n) is 8.46. The standard InChI is InChI=1S/C19H15BrCl2N2O2S/c20-11-3-6-16-17(8-11)27-19(23-16)24(10-13-2-1-7-26-13)18(25)14-5-4-12(21)9-15(14)22/h3-6,8-9,13H,1-2,7,10H2. The van der Waals surface area contributed by atoms with Crippen molar-refractivity contribution in [3.05, 3.63) is 56.5 Å². The van der Waals surface area contributed by atoms with Crippen LogP contribution in [-0.4, -0.2) is 30.1 Å². The van der Waals surface area contributed by atoms with Crippen molar-refractivity contribution >= 4 is 71.7 Å². The van der Waals surface area contributed by atoms with Crippen molar-refractivity contribution in [1.29, 1.82) is 0 Å². The Kier molecular flexibility index (Phi) is 5.71. The van der Waals surface area contributed by atoms with Gasteiger partial charge in [-0.3, -0.25) is 9.69 Å². The molecule has 1 aromatic heterocycles. The van der Waals surface area contributed by atoms with Gasteiger partial charge in [0.25, 0.3) is 5.91 Å². The summed E-state index contributed by atoms with van der Waals surface area (Å²) in [5, 5.41) is 1.45. The van der Waals surface area contributed by atoms with Crippen molar-refractivity contribution in [3.63, 3.8) is 0 Å². The molecule has 1 atom stereocenters. The minimum atomic E-state index is -0.203. The molecule has 4 rings (SSSR count). The molecule has 0 saturated carbocycles. The largest absolute Gasteiger partial charge is 0.376 e. The van der Waals surface area contributed by atoms with E-state index in [1.165, 1.54) is 11.3 Å². The van der Waals surface area contributed by atoms with E-state index in [1.54, 1.807) is 23.1 Å². The van der Waals surface area contributed by atoms with Crippen molar-refractivity contribution in [1.82, 2.24) is 4.98 Å². The minimum absolute atomic E-state index is 0.00114. The molecule has 0 spiro atoms. The molecular weight excluding hydrogens is 471 g/mol. The number of ether oxygens (including phenoxy) is 1. The van der Waals surface area contributed by atoms with Gasteiger partial charge in [-0.1, -0.05) is 50.5 Å². The second-order valence-electron chi connectivity index (χ2n) is 6.28. The first kappa shape index (κ1) is 19.2.